The highest BCUT2D eigenvalue weighted by Crippen LogP contribution is 2.32. The molecule has 0 spiro atoms. The molecule has 0 unspecified atom stereocenters. The van der Waals surface area contributed by atoms with Crippen molar-refractivity contribution in [2.75, 3.05) is 19.0 Å². The van der Waals surface area contributed by atoms with E-state index >= 15 is 0 Å². The molecule has 1 aliphatic rings. The molecule has 2 aromatic carbocycles. The number of esters is 1. The van der Waals surface area contributed by atoms with Gasteiger partial charge in [0.15, 0.2) is 0 Å². The van der Waals surface area contributed by atoms with Gasteiger partial charge in [-0.1, -0.05) is 48.2 Å². The Kier molecular flexibility index (Phi) is 8.00. The lowest BCUT2D eigenvalue weighted by Crippen LogP contribution is -2.29. The number of carbonyl (C=O) groups is 3. The molecule has 3 rings (SSSR count). The van der Waals surface area contributed by atoms with Crippen LogP contribution in [0, 0.1) is 0 Å². The number of benzene rings is 2. The molecule has 1 heterocycles. The number of thioether (sulfide) groups is 1. The van der Waals surface area contributed by atoms with Gasteiger partial charge < -0.3 is 10.1 Å². The zero-order valence-electron chi connectivity index (χ0n) is 16.6. The quantitative estimate of drug-likeness (QED) is 0.320. The number of nitrogens with zero attached hydrogens (tertiary/aromatic N) is 1. The predicted molar refractivity (Wildman–Crippen MR) is 130 cm³/mol. The molecule has 1 saturated heterocycles. The number of carbonyl (C=O) groups excluding carboxylic acids is 3. The summed E-state index contributed by atoms with van der Waals surface area (Å²) in [4.78, 5) is 38.5. The number of hydrogen-bond acceptors (Lipinski definition) is 6. The van der Waals surface area contributed by atoms with Gasteiger partial charge in [-0.2, -0.15) is 0 Å². The average Bonchev–Trinajstić information content (AvgIpc) is 3.02. The lowest BCUT2D eigenvalue weighted by atomic mass is 10.1. The van der Waals surface area contributed by atoms with Crippen LogP contribution in [0.3, 0.4) is 0 Å². The summed E-state index contributed by atoms with van der Waals surface area (Å²) in [6, 6.07) is 14.1. The van der Waals surface area contributed by atoms with Gasteiger partial charge in [-0.05, 0) is 58.3 Å². The Bertz CT molecular complexity index is 1050. The van der Waals surface area contributed by atoms with Gasteiger partial charge in [0.1, 0.15) is 4.32 Å². The number of hydrogen-bond donors (Lipinski definition) is 1. The van der Waals surface area contributed by atoms with Crippen molar-refractivity contribution in [3.8, 4) is 0 Å². The van der Waals surface area contributed by atoms with Crippen molar-refractivity contribution in [1.29, 1.82) is 0 Å². The van der Waals surface area contributed by atoms with Crippen LogP contribution in [0.2, 0.25) is 0 Å². The minimum Gasteiger partial charge on any atom is -0.465 e. The number of amides is 2. The number of para-hydroxylation sites is 1. The maximum atomic E-state index is 12.7. The van der Waals surface area contributed by atoms with Gasteiger partial charge in [-0.25, -0.2) is 4.79 Å². The van der Waals surface area contributed by atoms with Crippen LogP contribution in [0.15, 0.2) is 57.9 Å². The summed E-state index contributed by atoms with van der Waals surface area (Å²) in [5.41, 5.74) is 1.92. The fourth-order valence-corrected chi connectivity index (χ4v) is 4.54. The zero-order valence-corrected chi connectivity index (χ0v) is 19.8. The van der Waals surface area contributed by atoms with Crippen molar-refractivity contribution >= 4 is 73.8 Å². The van der Waals surface area contributed by atoms with E-state index in [1.54, 1.807) is 30.3 Å². The van der Waals surface area contributed by atoms with E-state index in [0.29, 0.717) is 33.4 Å². The van der Waals surface area contributed by atoms with E-state index in [-0.39, 0.29) is 18.2 Å². The predicted octanol–water partition coefficient (Wildman–Crippen LogP) is 4.86. The summed E-state index contributed by atoms with van der Waals surface area (Å²) in [6.45, 7) is 0.368. The highest BCUT2D eigenvalue weighted by atomic mass is 79.9. The second kappa shape index (κ2) is 10.7. The molecule has 0 saturated carbocycles. The first-order valence-corrected chi connectivity index (χ1v) is 11.4. The van der Waals surface area contributed by atoms with Crippen LogP contribution in [-0.4, -0.2) is 40.7 Å². The maximum absolute atomic E-state index is 12.7. The fraction of sp³-hybridized carbons (Fsp3) is 0.182. The Labute approximate surface area is 198 Å². The summed E-state index contributed by atoms with van der Waals surface area (Å²) in [5, 5.41) is 2.84. The van der Waals surface area contributed by atoms with Gasteiger partial charge >= 0.3 is 5.97 Å². The third-order valence-corrected chi connectivity index (χ3v) is 6.51. The van der Waals surface area contributed by atoms with Crippen molar-refractivity contribution in [2.45, 2.75) is 12.8 Å². The summed E-state index contributed by atoms with van der Waals surface area (Å²) in [5.74, 6) is -0.724. The molecular weight excluding hydrogens is 500 g/mol. The number of ether oxygens (including phenoxy) is 1. The molecule has 31 heavy (non-hydrogen) atoms. The Hall–Kier alpha value is -2.49. The van der Waals surface area contributed by atoms with E-state index in [9.17, 15) is 14.4 Å². The van der Waals surface area contributed by atoms with Crippen LogP contribution in [0.1, 0.15) is 28.8 Å². The summed E-state index contributed by atoms with van der Waals surface area (Å²) in [7, 11) is 1.33. The second-order valence-electron chi connectivity index (χ2n) is 6.58. The monoisotopic (exact) mass is 518 g/mol. The molecule has 1 N–H and O–H groups in total. The van der Waals surface area contributed by atoms with E-state index in [0.717, 1.165) is 10.0 Å². The number of anilines is 1. The summed E-state index contributed by atoms with van der Waals surface area (Å²) < 4.78 is 5.96. The van der Waals surface area contributed by atoms with Gasteiger partial charge in [0.05, 0.1) is 23.3 Å². The Morgan fingerprint density at radius 2 is 1.90 bits per heavy atom. The smallest absolute Gasteiger partial charge is 0.337 e. The Morgan fingerprint density at radius 1 is 1.19 bits per heavy atom. The SMILES string of the molecule is COC(=O)c1ccc(/C=C2\SC(=S)N(CCCC(=O)Nc3ccccc3Br)C2=O)cc1. The van der Waals surface area contributed by atoms with Crippen molar-refractivity contribution in [3.05, 3.63) is 69.0 Å². The number of nitrogens with one attached hydrogen (secondary N) is 1. The van der Waals surface area contributed by atoms with Gasteiger partial charge in [-0.3, -0.25) is 14.5 Å². The molecule has 1 fully saturated rings. The van der Waals surface area contributed by atoms with Crippen LogP contribution < -0.4 is 5.32 Å². The normalized spacial score (nSPS) is 14.8. The Morgan fingerprint density at radius 3 is 2.58 bits per heavy atom. The number of thiocarbonyl (C=S) groups is 1. The highest BCUT2D eigenvalue weighted by Gasteiger charge is 2.31. The molecule has 9 heteroatoms. The van der Waals surface area contributed by atoms with Gasteiger partial charge in [0.25, 0.3) is 5.91 Å². The maximum Gasteiger partial charge on any atom is 0.337 e. The molecule has 0 atom stereocenters. The third kappa shape index (κ3) is 6.03. The van der Waals surface area contributed by atoms with Gasteiger partial charge in [0, 0.05) is 17.4 Å². The highest BCUT2D eigenvalue weighted by molar-refractivity contribution is 9.10. The lowest BCUT2D eigenvalue weighted by molar-refractivity contribution is -0.122. The lowest BCUT2D eigenvalue weighted by Gasteiger charge is -2.14. The molecule has 1 aliphatic heterocycles. The largest absolute Gasteiger partial charge is 0.465 e. The van der Waals surface area contributed by atoms with Crippen molar-refractivity contribution in [3.63, 3.8) is 0 Å². The molecule has 0 aromatic heterocycles. The minimum atomic E-state index is -0.415. The van der Waals surface area contributed by atoms with Gasteiger partial charge in [0.2, 0.25) is 5.91 Å². The number of halogens is 1. The molecule has 0 aliphatic carbocycles. The van der Waals surface area contributed by atoms with Crippen molar-refractivity contribution < 1.29 is 19.1 Å². The van der Waals surface area contributed by atoms with Crippen LogP contribution in [-0.2, 0) is 14.3 Å². The summed E-state index contributed by atoms with van der Waals surface area (Å²) in [6.07, 6.45) is 2.50. The van der Waals surface area contributed by atoms with Crippen LogP contribution in [0.4, 0.5) is 5.69 Å². The van der Waals surface area contributed by atoms with Crippen LogP contribution in [0.25, 0.3) is 6.08 Å². The summed E-state index contributed by atoms with van der Waals surface area (Å²) >= 11 is 9.96. The molecule has 160 valence electrons. The van der Waals surface area contributed by atoms with Crippen LogP contribution >= 0.6 is 39.9 Å². The minimum absolute atomic E-state index is 0.126. The third-order valence-electron chi connectivity index (χ3n) is 4.44. The first-order valence-electron chi connectivity index (χ1n) is 9.37. The van der Waals surface area contributed by atoms with Gasteiger partial charge in [-0.15, -0.1) is 0 Å². The second-order valence-corrected chi connectivity index (χ2v) is 9.11. The first-order chi connectivity index (χ1) is 14.9. The van der Waals surface area contributed by atoms with E-state index < -0.39 is 5.97 Å². The average molecular weight is 519 g/mol. The molecule has 0 radical (unpaired) electrons. The zero-order chi connectivity index (χ0) is 22.4. The van der Waals surface area contributed by atoms with E-state index in [4.69, 9.17) is 12.2 Å². The van der Waals surface area contributed by atoms with Crippen molar-refractivity contribution in [2.24, 2.45) is 0 Å². The number of methoxy groups -OCH3 is 1. The molecule has 2 aromatic rings. The molecule has 6 nitrogen and oxygen atoms in total. The molecular formula is C22H19BrN2O4S2. The topological polar surface area (TPSA) is 75.7 Å². The van der Waals surface area contributed by atoms with E-state index in [1.807, 2.05) is 24.3 Å². The first kappa shape index (κ1) is 23.2. The Balaban J connectivity index is 1.55. The van der Waals surface area contributed by atoms with E-state index in [2.05, 4.69) is 26.0 Å². The molecule has 0 bridgehead atoms. The van der Waals surface area contributed by atoms with Crippen LogP contribution in [0.5, 0.6) is 0 Å². The van der Waals surface area contributed by atoms with E-state index in [1.165, 1.54) is 23.8 Å². The standard InChI is InChI=1S/C22H19BrN2O4S2/c1-29-21(28)15-10-8-14(9-11-15)13-18-20(27)25(22(30)31-18)12-4-7-19(26)24-17-6-3-2-5-16(17)23/h2-3,5-6,8-11,13H,4,7,12H2,1H3,(H,24,26)/b18-13-. The fourth-order valence-electron chi connectivity index (χ4n) is 2.85. The number of rotatable bonds is 7. The molecule has 2 amide bonds. The van der Waals surface area contributed by atoms with Crippen molar-refractivity contribution in [1.82, 2.24) is 4.90 Å².